The zero-order valence-corrected chi connectivity index (χ0v) is 17.7. The zero-order chi connectivity index (χ0) is 20.1. The van der Waals surface area contributed by atoms with Gasteiger partial charge in [0, 0.05) is 37.8 Å². The van der Waals surface area contributed by atoms with Crippen LogP contribution in [0.1, 0.15) is 64.8 Å². The van der Waals surface area contributed by atoms with Crippen LogP contribution in [-0.2, 0) is 14.8 Å². The predicted molar refractivity (Wildman–Crippen MR) is 108 cm³/mol. The number of imidazole rings is 1. The van der Waals surface area contributed by atoms with E-state index in [0.29, 0.717) is 32.5 Å². The maximum Gasteiger partial charge on any atom is 0.262 e. The van der Waals surface area contributed by atoms with Crippen molar-refractivity contribution in [3.05, 3.63) is 24.2 Å². The molecule has 1 aromatic heterocycles. The summed E-state index contributed by atoms with van der Waals surface area (Å²) in [6, 6.07) is 0.162. The molecule has 1 aromatic rings. The minimum atomic E-state index is -3.59. The van der Waals surface area contributed by atoms with Crippen LogP contribution in [0.2, 0.25) is 0 Å². The number of sulfonamides is 1. The molecule has 3 rings (SSSR count). The van der Waals surface area contributed by atoms with Crippen LogP contribution in [0.3, 0.4) is 0 Å². The summed E-state index contributed by atoms with van der Waals surface area (Å²) in [6.07, 6.45) is 12.3. The van der Waals surface area contributed by atoms with Gasteiger partial charge in [0.1, 0.15) is 0 Å². The van der Waals surface area contributed by atoms with E-state index < -0.39 is 10.0 Å². The number of hydrogen-bond acceptors (Lipinski definition) is 4. The first-order chi connectivity index (χ1) is 13.4. The molecule has 28 heavy (non-hydrogen) atoms. The Hall–Kier alpha value is -1.67. The molecular formula is C20H32N4O3S. The van der Waals surface area contributed by atoms with Crippen molar-refractivity contribution < 1.29 is 13.2 Å². The van der Waals surface area contributed by atoms with E-state index in [4.69, 9.17) is 0 Å². The Bertz CT molecular complexity index is 805. The largest absolute Gasteiger partial charge is 0.356 e. The number of amides is 1. The van der Waals surface area contributed by atoms with Gasteiger partial charge in [0.15, 0.2) is 5.03 Å². The summed E-state index contributed by atoms with van der Waals surface area (Å²) < 4.78 is 28.8. The van der Waals surface area contributed by atoms with Gasteiger partial charge in [-0.1, -0.05) is 11.6 Å². The average molecular weight is 409 g/mol. The smallest absolute Gasteiger partial charge is 0.262 e. The molecule has 0 atom stereocenters. The van der Waals surface area contributed by atoms with Crippen molar-refractivity contribution in [2.75, 3.05) is 19.6 Å². The van der Waals surface area contributed by atoms with Gasteiger partial charge in [-0.3, -0.25) is 4.79 Å². The van der Waals surface area contributed by atoms with Gasteiger partial charge in [-0.05, 0) is 58.8 Å². The Labute approximate surface area is 168 Å². The summed E-state index contributed by atoms with van der Waals surface area (Å²) in [7, 11) is -3.59. The van der Waals surface area contributed by atoms with Crippen molar-refractivity contribution in [2.24, 2.45) is 5.92 Å². The molecule has 8 heteroatoms. The third-order valence-corrected chi connectivity index (χ3v) is 7.52. The lowest BCUT2D eigenvalue weighted by molar-refractivity contribution is -0.126. The molecule has 0 spiro atoms. The number of nitrogens with one attached hydrogen (secondary N) is 1. The van der Waals surface area contributed by atoms with Crippen molar-refractivity contribution in [3.8, 4) is 0 Å². The Morgan fingerprint density at radius 1 is 1.29 bits per heavy atom. The van der Waals surface area contributed by atoms with Crippen molar-refractivity contribution >= 4 is 15.9 Å². The summed E-state index contributed by atoms with van der Waals surface area (Å²) in [4.78, 5) is 16.5. The van der Waals surface area contributed by atoms with Gasteiger partial charge in [0.2, 0.25) is 5.91 Å². The molecule has 0 unspecified atom stereocenters. The third-order valence-electron chi connectivity index (χ3n) is 5.73. The van der Waals surface area contributed by atoms with E-state index in [0.717, 1.165) is 19.3 Å². The maximum absolute atomic E-state index is 12.8. The molecule has 7 nitrogen and oxygen atoms in total. The second-order valence-corrected chi connectivity index (χ2v) is 9.97. The summed E-state index contributed by atoms with van der Waals surface area (Å²) in [5.41, 5.74) is 1.45. The minimum Gasteiger partial charge on any atom is -0.356 e. The fraction of sp³-hybridized carbons (Fsp3) is 0.700. The van der Waals surface area contributed by atoms with Gasteiger partial charge < -0.3 is 9.88 Å². The summed E-state index contributed by atoms with van der Waals surface area (Å²) in [6.45, 7) is 5.36. The summed E-state index contributed by atoms with van der Waals surface area (Å²) in [5.74, 6) is -0.0578. The Kier molecular flexibility index (Phi) is 6.93. The highest BCUT2D eigenvalue weighted by Crippen LogP contribution is 2.24. The van der Waals surface area contributed by atoms with Crippen molar-refractivity contribution in [3.63, 3.8) is 0 Å². The van der Waals surface area contributed by atoms with E-state index in [-0.39, 0.29) is 22.9 Å². The van der Waals surface area contributed by atoms with Crippen LogP contribution in [0.4, 0.5) is 0 Å². The van der Waals surface area contributed by atoms with Crippen LogP contribution < -0.4 is 5.32 Å². The highest BCUT2D eigenvalue weighted by molar-refractivity contribution is 7.89. The number of carbonyl (C=O) groups is 1. The van der Waals surface area contributed by atoms with Crippen LogP contribution in [0.15, 0.2) is 29.2 Å². The number of carbonyl (C=O) groups excluding carboxylic acids is 1. The molecule has 1 aliphatic carbocycles. The maximum atomic E-state index is 12.8. The molecule has 1 fully saturated rings. The molecule has 0 radical (unpaired) electrons. The molecule has 1 N–H and O–H groups in total. The number of piperidine rings is 1. The lowest BCUT2D eigenvalue weighted by Crippen LogP contribution is -2.43. The van der Waals surface area contributed by atoms with E-state index in [1.807, 2.05) is 13.8 Å². The number of hydrogen-bond donors (Lipinski definition) is 1. The standard InChI is InChI=1S/C20H32N4O3S/c1-16(2)23-14-19(22-15-23)28(26,27)24-12-9-18(10-13-24)20(25)21-11-8-17-6-4-3-5-7-17/h6,14-16,18H,3-5,7-13H2,1-2H3,(H,21,25). The monoisotopic (exact) mass is 408 g/mol. The fourth-order valence-corrected chi connectivity index (χ4v) is 5.24. The van der Waals surface area contributed by atoms with E-state index >= 15 is 0 Å². The SMILES string of the molecule is CC(C)n1cnc(S(=O)(=O)N2CCC(C(=O)NCCC3=CCCCC3)CC2)c1. The van der Waals surface area contributed by atoms with E-state index in [9.17, 15) is 13.2 Å². The van der Waals surface area contributed by atoms with Crippen LogP contribution >= 0.6 is 0 Å². The highest BCUT2D eigenvalue weighted by Gasteiger charge is 2.33. The third kappa shape index (κ3) is 5.03. The van der Waals surface area contributed by atoms with Gasteiger partial charge >= 0.3 is 0 Å². The van der Waals surface area contributed by atoms with E-state index in [2.05, 4.69) is 16.4 Å². The molecule has 1 saturated heterocycles. The lowest BCUT2D eigenvalue weighted by atomic mass is 9.96. The van der Waals surface area contributed by atoms with Crippen molar-refractivity contribution in [1.82, 2.24) is 19.2 Å². The second-order valence-electron chi connectivity index (χ2n) is 8.08. The molecule has 156 valence electrons. The Morgan fingerprint density at radius 2 is 2.04 bits per heavy atom. The predicted octanol–water partition coefficient (Wildman–Crippen LogP) is 2.87. The van der Waals surface area contributed by atoms with E-state index in [1.54, 1.807) is 17.1 Å². The highest BCUT2D eigenvalue weighted by atomic mass is 32.2. The topological polar surface area (TPSA) is 84.3 Å². The molecule has 0 aromatic carbocycles. The molecule has 1 aliphatic heterocycles. The van der Waals surface area contributed by atoms with Gasteiger partial charge in [0.25, 0.3) is 10.0 Å². The van der Waals surface area contributed by atoms with Crippen molar-refractivity contribution in [2.45, 2.75) is 69.9 Å². The van der Waals surface area contributed by atoms with Gasteiger partial charge in [-0.2, -0.15) is 4.31 Å². The molecule has 2 heterocycles. The quantitative estimate of drug-likeness (QED) is 0.703. The summed E-state index contributed by atoms with van der Waals surface area (Å²) in [5, 5.41) is 3.13. The zero-order valence-electron chi connectivity index (χ0n) is 16.9. The molecule has 0 saturated carbocycles. The Morgan fingerprint density at radius 3 is 2.64 bits per heavy atom. The number of rotatable bonds is 7. The van der Waals surface area contributed by atoms with Crippen LogP contribution in [-0.4, -0.2) is 47.8 Å². The van der Waals surface area contributed by atoms with Crippen LogP contribution in [0.5, 0.6) is 0 Å². The number of nitrogens with zero attached hydrogens (tertiary/aromatic N) is 3. The summed E-state index contributed by atoms with van der Waals surface area (Å²) >= 11 is 0. The number of aromatic nitrogens is 2. The normalized spacial score (nSPS) is 19.6. The first-order valence-electron chi connectivity index (χ1n) is 10.4. The second kappa shape index (κ2) is 9.22. The molecule has 0 bridgehead atoms. The van der Waals surface area contributed by atoms with Crippen molar-refractivity contribution in [1.29, 1.82) is 0 Å². The number of allylic oxidation sites excluding steroid dienone is 1. The molecule has 1 amide bonds. The minimum absolute atomic E-state index is 0.0533. The average Bonchev–Trinajstić information content (AvgIpc) is 3.20. The van der Waals surface area contributed by atoms with Gasteiger partial charge in [-0.25, -0.2) is 13.4 Å². The van der Waals surface area contributed by atoms with E-state index in [1.165, 1.54) is 22.7 Å². The molecule has 2 aliphatic rings. The van der Waals surface area contributed by atoms with Crippen LogP contribution in [0.25, 0.3) is 0 Å². The Balaban J connectivity index is 1.47. The fourth-order valence-electron chi connectivity index (χ4n) is 3.85. The van der Waals surface area contributed by atoms with Gasteiger partial charge in [-0.15, -0.1) is 0 Å². The lowest BCUT2D eigenvalue weighted by Gasteiger charge is -2.30. The first kappa shape index (κ1) is 21.0. The molecular weight excluding hydrogens is 376 g/mol. The van der Waals surface area contributed by atoms with Gasteiger partial charge in [0.05, 0.1) is 6.33 Å². The van der Waals surface area contributed by atoms with Crippen LogP contribution in [0, 0.1) is 5.92 Å². The first-order valence-corrected chi connectivity index (χ1v) is 11.8.